The van der Waals surface area contributed by atoms with E-state index in [2.05, 4.69) is 9.47 Å². The molecule has 1 aliphatic heterocycles. The van der Waals surface area contributed by atoms with Crippen LogP contribution in [-0.2, 0) is 9.47 Å². The molecule has 1 fully saturated rings. The highest BCUT2D eigenvalue weighted by atomic mass is 19.4. The van der Waals surface area contributed by atoms with Crippen molar-refractivity contribution in [1.82, 2.24) is 0 Å². The molecule has 0 aromatic carbocycles. The van der Waals surface area contributed by atoms with Crippen molar-refractivity contribution in [3.8, 4) is 0 Å². The molecule has 1 rings (SSSR count). The van der Waals surface area contributed by atoms with Gasteiger partial charge in [-0.05, 0) is 13.8 Å². The van der Waals surface area contributed by atoms with Crippen LogP contribution in [-0.4, -0.2) is 36.8 Å². The molecule has 96 valence electrons. The Morgan fingerprint density at radius 1 is 1.19 bits per heavy atom. The Balaban J connectivity index is 2.97. The fraction of sp³-hybridized carbons (Fsp3) is 1.00. The van der Waals surface area contributed by atoms with E-state index in [0.717, 1.165) is 0 Å². The lowest BCUT2D eigenvalue weighted by molar-refractivity contribution is -0.303. The largest absolute Gasteiger partial charge is 0.430 e. The zero-order valence-electron chi connectivity index (χ0n) is 8.45. The molecule has 8 heteroatoms. The number of hydrogen-bond donors (Lipinski definition) is 0. The summed E-state index contributed by atoms with van der Waals surface area (Å²) < 4.78 is 83.9. The average Bonchev–Trinajstić information content (AvgIpc) is 2.42. The Morgan fingerprint density at radius 2 is 1.69 bits per heavy atom. The molecule has 2 nitrogen and oxygen atoms in total. The number of hydrogen-bond acceptors (Lipinski definition) is 2. The predicted molar refractivity (Wildman–Crippen MR) is 40.8 cm³/mol. The normalized spacial score (nSPS) is 29.4. The lowest BCUT2D eigenvalue weighted by Gasteiger charge is -2.31. The van der Waals surface area contributed by atoms with E-state index in [1.165, 1.54) is 13.8 Å². The minimum Gasteiger partial charge on any atom is -0.348 e. The Morgan fingerprint density at radius 3 is 1.94 bits per heavy atom. The summed E-state index contributed by atoms with van der Waals surface area (Å²) in [7, 11) is 0. The van der Waals surface area contributed by atoms with Gasteiger partial charge in [0.1, 0.15) is 6.10 Å². The summed E-state index contributed by atoms with van der Waals surface area (Å²) in [6, 6.07) is 0. The molecule has 2 unspecified atom stereocenters. The van der Waals surface area contributed by atoms with Gasteiger partial charge >= 0.3 is 6.18 Å². The molecule has 0 aromatic rings. The van der Waals surface area contributed by atoms with Crippen molar-refractivity contribution < 1.29 is 35.8 Å². The van der Waals surface area contributed by atoms with E-state index in [0.29, 0.717) is 0 Å². The van der Waals surface area contributed by atoms with Crippen molar-refractivity contribution in [3.05, 3.63) is 0 Å². The fourth-order valence-electron chi connectivity index (χ4n) is 1.34. The first-order valence-corrected chi connectivity index (χ1v) is 4.36. The summed E-state index contributed by atoms with van der Waals surface area (Å²) in [5, 5.41) is 0. The van der Waals surface area contributed by atoms with E-state index in [-0.39, 0.29) is 0 Å². The van der Waals surface area contributed by atoms with Gasteiger partial charge in [0.25, 0.3) is 12.1 Å². The molecular weight excluding hydrogens is 242 g/mol. The van der Waals surface area contributed by atoms with E-state index in [1.807, 2.05) is 0 Å². The van der Waals surface area contributed by atoms with Crippen LogP contribution in [0.15, 0.2) is 0 Å². The maximum atomic E-state index is 13.4. The maximum absolute atomic E-state index is 13.4. The topological polar surface area (TPSA) is 18.5 Å². The molecule has 1 heterocycles. The van der Waals surface area contributed by atoms with E-state index >= 15 is 0 Å². The van der Waals surface area contributed by atoms with Gasteiger partial charge in [-0.2, -0.15) is 13.2 Å². The molecule has 2 atom stereocenters. The smallest absolute Gasteiger partial charge is 0.348 e. The summed E-state index contributed by atoms with van der Waals surface area (Å²) >= 11 is 0. The van der Waals surface area contributed by atoms with Gasteiger partial charge in [0.05, 0.1) is 6.61 Å². The Bertz CT molecular complexity index is 264. The van der Waals surface area contributed by atoms with E-state index in [4.69, 9.17) is 0 Å². The number of rotatable bonds is 2. The number of halogens is 6. The zero-order valence-corrected chi connectivity index (χ0v) is 8.45. The predicted octanol–water partition coefficient (Wildman–Crippen LogP) is 2.67. The number of alkyl halides is 6. The first kappa shape index (κ1) is 13.6. The molecule has 0 N–H and O–H groups in total. The fourth-order valence-corrected chi connectivity index (χ4v) is 1.34. The Hall–Kier alpha value is -0.500. The van der Waals surface area contributed by atoms with Gasteiger partial charge in [-0.1, -0.05) is 0 Å². The van der Waals surface area contributed by atoms with E-state index in [1.54, 1.807) is 0 Å². The monoisotopic (exact) mass is 252 g/mol. The third-order valence-electron chi connectivity index (χ3n) is 2.23. The van der Waals surface area contributed by atoms with Crippen LogP contribution >= 0.6 is 0 Å². The first-order valence-electron chi connectivity index (χ1n) is 4.36. The van der Waals surface area contributed by atoms with Crippen LogP contribution in [0.4, 0.5) is 26.3 Å². The van der Waals surface area contributed by atoms with Crippen LogP contribution < -0.4 is 0 Å². The van der Waals surface area contributed by atoms with E-state index < -0.39 is 36.8 Å². The van der Waals surface area contributed by atoms with E-state index in [9.17, 15) is 26.3 Å². The van der Waals surface area contributed by atoms with Crippen molar-refractivity contribution in [2.45, 2.75) is 44.0 Å². The lowest BCUT2D eigenvalue weighted by Crippen LogP contribution is -2.57. The van der Waals surface area contributed by atoms with Gasteiger partial charge in [-0.3, -0.25) is 0 Å². The summed E-state index contributed by atoms with van der Waals surface area (Å²) in [6.07, 6.45) is -12.3. The van der Waals surface area contributed by atoms with Crippen molar-refractivity contribution in [2.24, 2.45) is 0 Å². The summed E-state index contributed by atoms with van der Waals surface area (Å²) in [5.74, 6) is -1.50. The molecular formula is C8H10F6O2. The molecule has 0 aromatic heterocycles. The van der Waals surface area contributed by atoms with Crippen molar-refractivity contribution >= 4 is 0 Å². The minimum absolute atomic E-state index is 0.868. The first-order chi connectivity index (χ1) is 7.01. The molecule has 0 bridgehead atoms. The van der Waals surface area contributed by atoms with Crippen LogP contribution in [0, 0.1) is 0 Å². The van der Waals surface area contributed by atoms with Crippen molar-refractivity contribution in [1.29, 1.82) is 0 Å². The van der Waals surface area contributed by atoms with Gasteiger partial charge < -0.3 is 9.47 Å². The third-order valence-corrected chi connectivity index (χ3v) is 2.23. The number of ether oxygens (including phenoxy) is 2. The Kier molecular flexibility index (Phi) is 3.19. The van der Waals surface area contributed by atoms with Gasteiger partial charge in [0.15, 0.2) is 5.79 Å². The Labute approximate surface area is 87.5 Å². The quantitative estimate of drug-likeness (QED) is 0.703. The standard InChI is InChI=1S/C8H10F6O2/c1-6(2)15-3-4(16-6)7(11,5(9)10)8(12,13)14/h4-5H,3H2,1-2H3. The summed E-state index contributed by atoms with van der Waals surface area (Å²) in [6.45, 7) is 1.57. The second kappa shape index (κ2) is 3.76. The molecule has 0 spiro atoms. The third kappa shape index (κ3) is 2.13. The molecule has 16 heavy (non-hydrogen) atoms. The average molecular weight is 252 g/mol. The van der Waals surface area contributed by atoms with Gasteiger partial charge in [-0.15, -0.1) is 0 Å². The molecule has 0 amide bonds. The molecule has 0 saturated carbocycles. The highest BCUT2D eigenvalue weighted by Crippen LogP contribution is 2.45. The SMILES string of the molecule is CC1(C)OCC(C(F)(C(F)F)C(F)(F)F)O1. The zero-order chi connectivity index (χ0) is 12.8. The summed E-state index contributed by atoms with van der Waals surface area (Å²) in [4.78, 5) is 0. The van der Waals surface area contributed by atoms with Crippen LogP contribution in [0.5, 0.6) is 0 Å². The lowest BCUT2D eigenvalue weighted by atomic mass is 9.99. The van der Waals surface area contributed by atoms with Crippen LogP contribution in [0.3, 0.4) is 0 Å². The summed E-state index contributed by atoms with van der Waals surface area (Å²) in [5.41, 5.74) is -4.71. The molecule has 1 saturated heterocycles. The van der Waals surface area contributed by atoms with Gasteiger partial charge in [0, 0.05) is 0 Å². The van der Waals surface area contributed by atoms with Crippen molar-refractivity contribution in [3.63, 3.8) is 0 Å². The van der Waals surface area contributed by atoms with Crippen LogP contribution in [0.25, 0.3) is 0 Å². The highest BCUT2D eigenvalue weighted by molar-refractivity contribution is 4.99. The van der Waals surface area contributed by atoms with Crippen LogP contribution in [0.2, 0.25) is 0 Å². The van der Waals surface area contributed by atoms with Crippen LogP contribution in [0.1, 0.15) is 13.8 Å². The second-order valence-corrected chi connectivity index (χ2v) is 3.88. The highest BCUT2D eigenvalue weighted by Gasteiger charge is 2.69. The van der Waals surface area contributed by atoms with Gasteiger partial charge in [0.2, 0.25) is 0 Å². The molecule has 0 aliphatic carbocycles. The molecule has 0 radical (unpaired) electrons. The van der Waals surface area contributed by atoms with Crippen molar-refractivity contribution in [2.75, 3.05) is 6.61 Å². The minimum atomic E-state index is -5.71. The second-order valence-electron chi connectivity index (χ2n) is 3.88. The molecule has 1 aliphatic rings. The maximum Gasteiger partial charge on any atom is 0.430 e. The van der Waals surface area contributed by atoms with Gasteiger partial charge in [-0.25, -0.2) is 13.2 Å².